The first-order chi connectivity index (χ1) is 14.1. The van der Waals surface area contributed by atoms with Crippen molar-refractivity contribution < 1.29 is 14.3 Å². The number of anilines is 2. The molecule has 3 rings (SSSR count). The minimum Gasteiger partial charge on any atom is -0.383 e. The van der Waals surface area contributed by atoms with Gasteiger partial charge >= 0.3 is 0 Å². The van der Waals surface area contributed by atoms with E-state index in [0.29, 0.717) is 36.9 Å². The third-order valence-electron chi connectivity index (χ3n) is 4.70. The van der Waals surface area contributed by atoms with Gasteiger partial charge in [-0.1, -0.05) is 11.6 Å². The van der Waals surface area contributed by atoms with Gasteiger partial charge in [-0.25, -0.2) is 9.97 Å². The largest absolute Gasteiger partial charge is 0.383 e. The van der Waals surface area contributed by atoms with Crippen LogP contribution in [-0.4, -0.2) is 55.1 Å². The van der Waals surface area contributed by atoms with Crippen molar-refractivity contribution >= 4 is 35.1 Å². The molecule has 1 aliphatic rings. The highest BCUT2D eigenvalue weighted by molar-refractivity contribution is 6.34. The molecule has 9 heteroatoms. The molecular weight excluding hydrogens is 394 g/mol. The first-order valence-electron chi connectivity index (χ1n) is 9.48. The number of ether oxygens (including phenoxy) is 1. The van der Waals surface area contributed by atoms with Gasteiger partial charge in [0.15, 0.2) is 0 Å². The standard InChI is InChI=1S/C20H24ClN5O3/c1-29-11-9-22-19(28)16-6-5-15(12-17(16)21)25-18(27)14-4-2-10-26(13-14)20-23-7-3-8-24-20/h3,5-8,12,14H,2,4,9-11,13H2,1H3,(H,22,28)(H,25,27). The number of rotatable bonds is 7. The molecule has 0 radical (unpaired) electrons. The Kier molecular flexibility index (Phi) is 7.37. The van der Waals surface area contributed by atoms with E-state index in [0.717, 1.165) is 19.4 Å². The molecule has 2 aromatic rings. The predicted molar refractivity (Wildman–Crippen MR) is 111 cm³/mol. The molecule has 1 aromatic heterocycles. The number of hydrogen-bond donors (Lipinski definition) is 2. The molecule has 2 heterocycles. The topological polar surface area (TPSA) is 96.5 Å². The number of amides is 2. The van der Waals surface area contributed by atoms with Gasteiger partial charge in [0.05, 0.1) is 23.1 Å². The maximum absolute atomic E-state index is 12.7. The van der Waals surface area contributed by atoms with Crippen LogP contribution in [0.5, 0.6) is 0 Å². The van der Waals surface area contributed by atoms with Crippen LogP contribution >= 0.6 is 11.6 Å². The summed E-state index contributed by atoms with van der Waals surface area (Å²) in [6, 6.07) is 6.63. The number of piperidine rings is 1. The van der Waals surface area contributed by atoms with Crippen molar-refractivity contribution in [3.8, 4) is 0 Å². The van der Waals surface area contributed by atoms with Crippen molar-refractivity contribution in [3.05, 3.63) is 47.2 Å². The van der Waals surface area contributed by atoms with Crippen LogP contribution in [0.3, 0.4) is 0 Å². The number of aromatic nitrogens is 2. The van der Waals surface area contributed by atoms with E-state index >= 15 is 0 Å². The Labute approximate surface area is 174 Å². The van der Waals surface area contributed by atoms with Gasteiger partial charge in [-0.15, -0.1) is 0 Å². The molecule has 1 saturated heterocycles. The molecule has 1 fully saturated rings. The molecule has 0 spiro atoms. The minimum atomic E-state index is -0.282. The minimum absolute atomic E-state index is 0.0843. The molecule has 1 atom stereocenters. The maximum atomic E-state index is 12.7. The number of carbonyl (C=O) groups excluding carboxylic acids is 2. The average Bonchev–Trinajstić information content (AvgIpc) is 2.74. The van der Waals surface area contributed by atoms with Crippen LogP contribution in [0.1, 0.15) is 23.2 Å². The smallest absolute Gasteiger partial charge is 0.252 e. The summed E-state index contributed by atoms with van der Waals surface area (Å²) in [7, 11) is 1.56. The van der Waals surface area contributed by atoms with Crippen molar-refractivity contribution in [2.24, 2.45) is 5.92 Å². The summed E-state index contributed by atoms with van der Waals surface area (Å²) in [5.41, 5.74) is 0.910. The zero-order valence-corrected chi connectivity index (χ0v) is 17.0. The third kappa shape index (κ3) is 5.65. The zero-order valence-electron chi connectivity index (χ0n) is 16.2. The Hall–Kier alpha value is -2.71. The van der Waals surface area contributed by atoms with E-state index in [1.807, 2.05) is 4.90 Å². The zero-order chi connectivity index (χ0) is 20.6. The molecule has 0 saturated carbocycles. The number of hydrogen-bond acceptors (Lipinski definition) is 6. The summed E-state index contributed by atoms with van der Waals surface area (Å²) in [4.78, 5) is 35.4. The molecule has 1 aromatic carbocycles. The van der Waals surface area contributed by atoms with Gasteiger partial charge in [-0.2, -0.15) is 0 Å². The van der Waals surface area contributed by atoms with E-state index in [2.05, 4.69) is 20.6 Å². The summed E-state index contributed by atoms with van der Waals surface area (Å²) < 4.78 is 4.91. The fourth-order valence-electron chi connectivity index (χ4n) is 3.21. The number of halogens is 1. The lowest BCUT2D eigenvalue weighted by atomic mass is 9.97. The number of carbonyl (C=O) groups is 2. The van der Waals surface area contributed by atoms with Crippen LogP contribution in [-0.2, 0) is 9.53 Å². The Morgan fingerprint density at radius 2 is 2.10 bits per heavy atom. The van der Waals surface area contributed by atoms with Crippen LogP contribution in [0, 0.1) is 5.92 Å². The van der Waals surface area contributed by atoms with Crippen LogP contribution < -0.4 is 15.5 Å². The Bertz CT molecular complexity index is 849. The molecule has 1 unspecified atom stereocenters. The Balaban J connectivity index is 1.60. The molecule has 29 heavy (non-hydrogen) atoms. The van der Waals surface area contributed by atoms with Gasteiger partial charge in [0.2, 0.25) is 11.9 Å². The van der Waals surface area contributed by atoms with Crippen LogP contribution in [0.2, 0.25) is 5.02 Å². The SMILES string of the molecule is COCCNC(=O)c1ccc(NC(=O)C2CCCN(c3ncccn3)C2)cc1Cl. The summed E-state index contributed by atoms with van der Waals surface area (Å²) in [5.74, 6) is 0.0925. The molecule has 0 aliphatic carbocycles. The Morgan fingerprint density at radius 3 is 2.83 bits per heavy atom. The quantitative estimate of drug-likeness (QED) is 0.671. The summed E-state index contributed by atoms with van der Waals surface area (Å²) in [6.07, 6.45) is 5.07. The molecule has 154 valence electrons. The van der Waals surface area contributed by atoms with Crippen molar-refractivity contribution in [3.63, 3.8) is 0 Å². The van der Waals surface area contributed by atoms with Crippen LogP contribution in [0.15, 0.2) is 36.7 Å². The van der Waals surface area contributed by atoms with E-state index in [4.69, 9.17) is 16.3 Å². The van der Waals surface area contributed by atoms with Crippen LogP contribution in [0.25, 0.3) is 0 Å². The van der Waals surface area contributed by atoms with Crippen molar-refractivity contribution in [1.29, 1.82) is 0 Å². The van der Waals surface area contributed by atoms with Gasteiger partial charge in [-0.05, 0) is 37.1 Å². The van der Waals surface area contributed by atoms with Crippen molar-refractivity contribution in [2.45, 2.75) is 12.8 Å². The number of nitrogens with zero attached hydrogens (tertiary/aromatic N) is 3. The second-order valence-electron chi connectivity index (χ2n) is 6.77. The summed E-state index contributed by atoms with van der Waals surface area (Å²) in [6.45, 7) is 2.20. The number of benzene rings is 1. The van der Waals surface area contributed by atoms with Crippen molar-refractivity contribution in [1.82, 2.24) is 15.3 Å². The maximum Gasteiger partial charge on any atom is 0.252 e. The van der Waals surface area contributed by atoms with Gasteiger partial charge in [-0.3, -0.25) is 9.59 Å². The first-order valence-corrected chi connectivity index (χ1v) is 9.86. The van der Waals surface area contributed by atoms with E-state index in [1.165, 1.54) is 0 Å². The lowest BCUT2D eigenvalue weighted by Gasteiger charge is -2.31. The van der Waals surface area contributed by atoms with E-state index < -0.39 is 0 Å². The lowest BCUT2D eigenvalue weighted by Crippen LogP contribution is -2.41. The molecule has 2 N–H and O–H groups in total. The normalized spacial score (nSPS) is 16.3. The fraction of sp³-hybridized carbons (Fsp3) is 0.400. The van der Waals surface area contributed by atoms with E-state index in [-0.39, 0.29) is 22.8 Å². The third-order valence-corrected chi connectivity index (χ3v) is 5.01. The summed E-state index contributed by atoms with van der Waals surface area (Å²) in [5, 5.41) is 5.90. The first kappa shape index (κ1) is 21.0. The van der Waals surface area contributed by atoms with Gasteiger partial charge in [0.1, 0.15) is 0 Å². The van der Waals surface area contributed by atoms with E-state index in [1.54, 1.807) is 43.8 Å². The second kappa shape index (κ2) is 10.2. The molecule has 0 bridgehead atoms. The van der Waals surface area contributed by atoms with Crippen molar-refractivity contribution in [2.75, 3.05) is 43.6 Å². The number of methoxy groups -OCH3 is 1. The van der Waals surface area contributed by atoms with Gasteiger partial charge < -0.3 is 20.3 Å². The highest BCUT2D eigenvalue weighted by Crippen LogP contribution is 2.24. The Morgan fingerprint density at radius 1 is 1.31 bits per heavy atom. The predicted octanol–water partition coefficient (Wildman–Crippen LogP) is 2.36. The highest BCUT2D eigenvalue weighted by Gasteiger charge is 2.27. The lowest BCUT2D eigenvalue weighted by molar-refractivity contribution is -0.120. The monoisotopic (exact) mass is 417 g/mol. The number of nitrogens with one attached hydrogen (secondary N) is 2. The summed E-state index contributed by atoms with van der Waals surface area (Å²) >= 11 is 6.24. The average molecular weight is 418 g/mol. The van der Waals surface area contributed by atoms with Gasteiger partial charge in [0.25, 0.3) is 5.91 Å². The van der Waals surface area contributed by atoms with Crippen LogP contribution in [0.4, 0.5) is 11.6 Å². The molecular formula is C20H24ClN5O3. The fourth-order valence-corrected chi connectivity index (χ4v) is 3.48. The molecule has 1 aliphatic heterocycles. The second-order valence-corrected chi connectivity index (χ2v) is 7.17. The molecule has 2 amide bonds. The highest BCUT2D eigenvalue weighted by atomic mass is 35.5. The van der Waals surface area contributed by atoms with E-state index in [9.17, 15) is 9.59 Å². The molecule has 8 nitrogen and oxygen atoms in total. The van der Waals surface area contributed by atoms with Gasteiger partial charge in [0, 0.05) is 44.8 Å².